The van der Waals surface area contributed by atoms with Crippen molar-refractivity contribution in [3.8, 4) is 0 Å². The second-order valence-electron chi connectivity index (χ2n) is 7.10. The standard InChI is InChI=1S/C24H19NO4S/c26-22-21(30-24(29)25(22)15-16-5-2-1-3-6-16)14-17-7-4-8-20(13-17)18-9-11-19(12-10-18)23(27)28/h1-12,14,17H,13,15H2,(H,27,28). The molecule has 1 N–H and O–H groups in total. The number of carboxylic acid groups (broad SMARTS) is 1. The van der Waals surface area contributed by atoms with Crippen molar-refractivity contribution in [3.63, 3.8) is 0 Å². The summed E-state index contributed by atoms with van der Waals surface area (Å²) >= 11 is 0.977. The lowest BCUT2D eigenvalue weighted by Gasteiger charge is -2.16. The lowest BCUT2D eigenvalue weighted by Crippen LogP contribution is -2.27. The number of allylic oxidation sites excluding steroid dienone is 5. The van der Waals surface area contributed by atoms with Crippen LogP contribution in [-0.2, 0) is 11.3 Å². The molecule has 150 valence electrons. The van der Waals surface area contributed by atoms with Crippen molar-refractivity contribution in [3.05, 3.63) is 100 Å². The summed E-state index contributed by atoms with van der Waals surface area (Å²) in [7, 11) is 0. The molecule has 2 aliphatic rings. The Kier molecular flexibility index (Phi) is 5.68. The molecule has 1 fully saturated rings. The molecule has 1 atom stereocenters. The number of aromatic carboxylic acids is 1. The van der Waals surface area contributed by atoms with E-state index in [1.165, 1.54) is 4.90 Å². The molecule has 2 amide bonds. The minimum atomic E-state index is -0.955. The summed E-state index contributed by atoms with van der Waals surface area (Å²) in [6.45, 7) is 0.268. The zero-order chi connectivity index (χ0) is 21.1. The third-order valence-corrected chi connectivity index (χ3v) is 5.96. The van der Waals surface area contributed by atoms with Crippen LogP contribution in [0, 0.1) is 5.92 Å². The van der Waals surface area contributed by atoms with E-state index in [1.54, 1.807) is 24.3 Å². The number of amides is 2. The molecular formula is C24H19NO4S. The number of thioether (sulfide) groups is 1. The molecule has 5 nitrogen and oxygen atoms in total. The van der Waals surface area contributed by atoms with Crippen LogP contribution in [-0.4, -0.2) is 27.1 Å². The van der Waals surface area contributed by atoms with Crippen LogP contribution >= 0.6 is 11.8 Å². The maximum atomic E-state index is 12.8. The predicted molar refractivity (Wildman–Crippen MR) is 117 cm³/mol. The molecule has 1 heterocycles. The Balaban J connectivity index is 1.47. The highest BCUT2D eigenvalue weighted by Gasteiger charge is 2.35. The van der Waals surface area contributed by atoms with Gasteiger partial charge in [-0.25, -0.2) is 4.79 Å². The molecule has 2 aromatic rings. The first-order valence-corrected chi connectivity index (χ1v) is 10.3. The maximum absolute atomic E-state index is 12.8. The van der Waals surface area contributed by atoms with Gasteiger partial charge >= 0.3 is 5.97 Å². The van der Waals surface area contributed by atoms with E-state index in [9.17, 15) is 14.4 Å². The summed E-state index contributed by atoms with van der Waals surface area (Å²) in [5.74, 6) is -1.23. The normalized spacial score (nSPS) is 20.0. The number of nitrogens with zero attached hydrogens (tertiary/aromatic N) is 1. The molecule has 0 aromatic heterocycles. The fourth-order valence-electron chi connectivity index (χ4n) is 3.47. The highest BCUT2D eigenvalue weighted by Crippen LogP contribution is 2.35. The Bertz CT molecular complexity index is 1080. The van der Waals surface area contributed by atoms with E-state index in [-0.39, 0.29) is 29.2 Å². The summed E-state index contributed by atoms with van der Waals surface area (Å²) in [5.41, 5.74) is 3.15. The van der Waals surface area contributed by atoms with Crippen LogP contribution < -0.4 is 0 Å². The van der Waals surface area contributed by atoms with E-state index in [4.69, 9.17) is 5.11 Å². The van der Waals surface area contributed by atoms with Crippen molar-refractivity contribution in [2.24, 2.45) is 5.92 Å². The molecule has 6 heteroatoms. The zero-order valence-electron chi connectivity index (χ0n) is 16.0. The number of carbonyl (C=O) groups is 3. The van der Waals surface area contributed by atoms with Crippen molar-refractivity contribution in [2.45, 2.75) is 13.0 Å². The number of benzene rings is 2. The van der Waals surface area contributed by atoms with E-state index >= 15 is 0 Å². The summed E-state index contributed by atoms with van der Waals surface area (Å²) in [5, 5.41) is 8.79. The molecular weight excluding hydrogens is 398 g/mol. The highest BCUT2D eigenvalue weighted by atomic mass is 32.2. The Labute approximate surface area is 178 Å². The average Bonchev–Trinajstić information content (AvgIpc) is 3.02. The minimum absolute atomic E-state index is 0.0138. The van der Waals surface area contributed by atoms with Crippen LogP contribution in [0.2, 0.25) is 0 Å². The molecule has 0 saturated carbocycles. The van der Waals surface area contributed by atoms with Gasteiger partial charge < -0.3 is 5.11 Å². The van der Waals surface area contributed by atoms with Crippen molar-refractivity contribution >= 4 is 34.5 Å². The van der Waals surface area contributed by atoms with E-state index in [0.29, 0.717) is 11.3 Å². The second kappa shape index (κ2) is 8.55. The number of hydrogen-bond donors (Lipinski definition) is 1. The molecule has 4 rings (SSSR count). The van der Waals surface area contributed by atoms with Crippen molar-refractivity contribution in [1.29, 1.82) is 0 Å². The van der Waals surface area contributed by atoms with Crippen LogP contribution in [0.15, 0.2) is 83.8 Å². The number of hydrogen-bond acceptors (Lipinski definition) is 4. The Morgan fingerprint density at radius 1 is 1.10 bits per heavy atom. The molecule has 2 aromatic carbocycles. The van der Waals surface area contributed by atoms with E-state index in [0.717, 1.165) is 28.5 Å². The van der Waals surface area contributed by atoms with E-state index < -0.39 is 5.97 Å². The quantitative estimate of drug-likeness (QED) is 0.683. The third-order valence-electron chi connectivity index (χ3n) is 5.04. The Morgan fingerprint density at radius 3 is 2.53 bits per heavy atom. The van der Waals surface area contributed by atoms with Crippen molar-refractivity contribution in [2.75, 3.05) is 0 Å². The molecule has 0 spiro atoms. The molecule has 0 bridgehead atoms. The lowest BCUT2D eigenvalue weighted by molar-refractivity contribution is -0.123. The van der Waals surface area contributed by atoms with Crippen molar-refractivity contribution in [1.82, 2.24) is 4.90 Å². The second-order valence-corrected chi connectivity index (χ2v) is 8.10. The third kappa shape index (κ3) is 4.28. The SMILES string of the molecule is O=C(O)c1ccc(C2=CC=CC(C=C3SC(=O)N(Cc4ccccc4)C3=O)C2)cc1. The summed E-state index contributed by atoms with van der Waals surface area (Å²) in [6, 6.07) is 16.2. The zero-order valence-corrected chi connectivity index (χ0v) is 16.8. The van der Waals surface area contributed by atoms with Crippen LogP contribution in [0.4, 0.5) is 4.79 Å². The fraction of sp³-hybridized carbons (Fsp3) is 0.125. The van der Waals surface area contributed by atoms with Gasteiger partial charge in [-0.05, 0) is 47.0 Å². The van der Waals surface area contributed by atoms with Gasteiger partial charge in [-0.3, -0.25) is 14.5 Å². The van der Waals surface area contributed by atoms with Gasteiger partial charge in [0, 0.05) is 5.92 Å². The summed E-state index contributed by atoms with van der Waals surface area (Å²) < 4.78 is 0. The highest BCUT2D eigenvalue weighted by molar-refractivity contribution is 8.18. The van der Waals surface area contributed by atoms with Gasteiger partial charge in [0.15, 0.2) is 0 Å². The Hall–Kier alpha value is -3.38. The molecule has 30 heavy (non-hydrogen) atoms. The van der Waals surface area contributed by atoms with Gasteiger partial charge in [-0.2, -0.15) is 0 Å². The van der Waals surface area contributed by atoms with Crippen LogP contribution in [0.3, 0.4) is 0 Å². The van der Waals surface area contributed by atoms with Crippen LogP contribution in [0.25, 0.3) is 5.57 Å². The Morgan fingerprint density at radius 2 is 1.83 bits per heavy atom. The van der Waals surface area contributed by atoms with Gasteiger partial charge in [0.2, 0.25) is 0 Å². The molecule has 1 saturated heterocycles. The predicted octanol–water partition coefficient (Wildman–Crippen LogP) is 5.12. The summed E-state index contributed by atoms with van der Waals surface area (Å²) in [6.07, 6.45) is 8.44. The van der Waals surface area contributed by atoms with E-state index in [2.05, 4.69) is 0 Å². The number of rotatable bonds is 5. The number of carboxylic acids is 1. The molecule has 1 aliphatic carbocycles. The first-order valence-electron chi connectivity index (χ1n) is 9.52. The monoisotopic (exact) mass is 417 g/mol. The maximum Gasteiger partial charge on any atom is 0.335 e. The first-order chi connectivity index (χ1) is 14.5. The first kappa shape index (κ1) is 19.9. The van der Waals surface area contributed by atoms with Gasteiger partial charge in [0.1, 0.15) is 0 Å². The smallest absolute Gasteiger partial charge is 0.335 e. The number of carbonyl (C=O) groups excluding carboxylic acids is 2. The van der Waals surface area contributed by atoms with Crippen LogP contribution in [0.5, 0.6) is 0 Å². The van der Waals surface area contributed by atoms with Crippen molar-refractivity contribution < 1.29 is 19.5 Å². The number of imide groups is 1. The lowest BCUT2D eigenvalue weighted by atomic mass is 9.89. The largest absolute Gasteiger partial charge is 0.478 e. The molecule has 1 aliphatic heterocycles. The van der Waals surface area contributed by atoms with E-state index in [1.807, 2.05) is 54.6 Å². The minimum Gasteiger partial charge on any atom is -0.478 e. The molecule has 1 unspecified atom stereocenters. The fourth-order valence-corrected chi connectivity index (χ4v) is 4.36. The van der Waals surface area contributed by atoms with Gasteiger partial charge in [0.05, 0.1) is 17.0 Å². The summed E-state index contributed by atoms with van der Waals surface area (Å²) in [4.78, 5) is 37.9. The van der Waals surface area contributed by atoms with Gasteiger partial charge in [0.25, 0.3) is 11.1 Å². The average molecular weight is 417 g/mol. The molecule has 0 radical (unpaired) electrons. The van der Waals surface area contributed by atoms with Crippen LogP contribution in [0.1, 0.15) is 27.9 Å². The topological polar surface area (TPSA) is 74.7 Å². The van der Waals surface area contributed by atoms with Gasteiger partial charge in [-0.1, -0.05) is 66.8 Å². The van der Waals surface area contributed by atoms with Gasteiger partial charge in [-0.15, -0.1) is 0 Å².